The number of aryl methyl sites for hydroxylation is 2. The first-order valence-corrected chi connectivity index (χ1v) is 8.74. The third-order valence-electron chi connectivity index (χ3n) is 3.41. The Bertz CT molecular complexity index is 727. The summed E-state index contributed by atoms with van der Waals surface area (Å²) in [5, 5.41) is 9.27. The maximum atomic E-state index is 12.2. The summed E-state index contributed by atoms with van der Waals surface area (Å²) >= 11 is 1.29. The molecule has 1 heterocycles. The molecule has 0 spiro atoms. The number of carbonyl (C=O) groups is 2. The van der Waals surface area contributed by atoms with Crippen molar-refractivity contribution in [2.75, 3.05) is 23.7 Å². The number of aromatic nitrogens is 1. The van der Waals surface area contributed by atoms with Gasteiger partial charge in [0.15, 0.2) is 5.13 Å². The molecule has 6 nitrogen and oxygen atoms in total. The minimum Gasteiger partial charge on any atom is -0.362 e. The molecule has 0 radical (unpaired) electrons. The lowest BCUT2D eigenvalue weighted by atomic mass is 10.1. The Labute approximate surface area is 145 Å². The molecule has 128 valence electrons. The number of nitrogens with one attached hydrogen (secondary N) is 3. The molecular weight excluding hydrogens is 324 g/mol. The van der Waals surface area contributed by atoms with Crippen LogP contribution in [0.2, 0.25) is 0 Å². The van der Waals surface area contributed by atoms with Crippen molar-refractivity contribution in [3.05, 3.63) is 40.4 Å². The van der Waals surface area contributed by atoms with Crippen molar-refractivity contribution in [2.45, 2.75) is 27.2 Å². The van der Waals surface area contributed by atoms with Crippen LogP contribution in [-0.4, -0.2) is 29.9 Å². The van der Waals surface area contributed by atoms with Gasteiger partial charge in [0.05, 0.1) is 12.2 Å². The molecule has 0 saturated carbocycles. The molecule has 3 N–H and O–H groups in total. The predicted molar refractivity (Wildman–Crippen MR) is 97.8 cm³/mol. The highest BCUT2D eigenvalue weighted by atomic mass is 32.1. The van der Waals surface area contributed by atoms with Crippen molar-refractivity contribution >= 4 is 34.0 Å². The summed E-state index contributed by atoms with van der Waals surface area (Å²) in [4.78, 5) is 29.1. The number of para-hydroxylation sites is 1. The van der Waals surface area contributed by atoms with Crippen LogP contribution in [-0.2, 0) is 11.2 Å². The second-order valence-electron chi connectivity index (χ2n) is 5.21. The largest absolute Gasteiger partial charge is 0.362 e. The molecule has 0 aliphatic carbocycles. The standard InChI is InChI=1S/C17H22N4O2S/c1-4-12-8-6-7-9-13(12)21-14(22)10-19-16(23)15-11(3)20-17(24-15)18-5-2/h6-9H,4-5,10H2,1-3H3,(H,18,20)(H,19,23)(H,21,22). The summed E-state index contributed by atoms with van der Waals surface area (Å²) in [6.07, 6.45) is 0.829. The van der Waals surface area contributed by atoms with Crippen molar-refractivity contribution in [1.82, 2.24) is 10.3 Å². The SMILES string of the molecule is CCNc1nc(C)c(C(=O)NCC(=O)Nc2ccccc2CC)s1. The van der Waals surface area contributed by atoms with Crippen molar-refractivity contribution in [3.8, 4) is 0 Å². The highest BCUT2D eigenvalue weighted by Crippen LogP contribution is 2.22. The monoisotopic (exact) mass is 346 g/mol. The van der Waals surface area contributed by atoms with Gasteiger partial charge in [0.1, 0.15) is 4.88 Å². The molecule has 0 aliphatic rings. The molecule has 0 fully saturated rings. The molecule has 2 rings (SSSR count). The predicted octanol–water partition coefficient (Wildman–Crippen LogP) is 2.81. The minimum absolute atomic E-state index is 0.0786. The summed E-state index contributed by atoms with van der Waals surface area (Å²) in [5.74, 6) is -0.536. The highest BCUT2D eigenvalue weighted by molar-refractivity contribution is 7.17. The summed E-state index contributed by atoms with van der Waals surface area (Å²) in [7, 11) is 0. The zero-order valence-electron chi connectivity index (χ0n) is 14.1. The lowest BCUT2D eigenvalue weighted by Gasteiger charge is -2.10. The summed E-state index contributed by atoms with van der Waals surface area (Å²) in [6, 6.07) is 7.63. The van der Waals surface area contributed by atoms with Gasteiger partial charge in [-0.2, -0.15) is 0 Å². The molecule has 1 aromatic carbocycles. The fourth-order valence-electron chi connectivity index (χ4n) is 2.22. The van der Waals surface area contributed by atoms with Crippen LogP contribution in [0.1, 0.15) is 34.8 Å². The van der Waals surface area contributed by atoms with E-state index in [1.807, 2.05) is 38.1 Å². The second-order valence-corrected chi connectivity index (χ2v) is 6.20. The Morgan fingerprint density at radius 3 is 2.67 bits per heavy atom. The van der Waals surface area contributed by atoms with Gasteiger partial charge < -0.3 is 16.0 Å². The van der Waals surface area contributed by atoms with Crippen LogP contribution in [0.25, 0.3) is 0 Å². The van der Waals surface area contributed by atoms with E-state index < -0.39 is 0 Å². The molecule has 24 heavy (non-hydrogen) atoms. The molecule has 7 heteroatoms. The van der Waals surface area contributed by atoms with E-state index in [9.17, 15) is 9.59 Å². The molecule has 2 amide bonds. The third kappa shape index (κ3) is 4.55. The Morgan fingerprint density at radius 1 is 1.21 bits per heavy atom. The normalized spacial score (nSPS) is 10.3. The Hall–Kier alpha value is -2.41. The zero-order valence-corrected chi connectivity index (χ0v) is 14.9. The average molecular weight is 346 g/mol. The van der Waals surface area contributed by atoms with Gasteiger partial charge in [-0.25, -0.2) is 4.98 Å². The smallest absolute Gasteiger partial charge is 0.263 e. The first-order chi connectivity index (χ1) is 11.5. The first-order valence-electron chi connectivity index (χ1n) is 7.92. The van der Waals surface area contributed by atoms with Crippen LogP contribution in [0.3, 0.4) is 0 Å². The molecule has 0 aliphatic heterocycles. The van der Waals surface area contributed by atoms with Gasteiger partial charge in [0, 0.05) is 12.2 Å². The molecule has 0 bridgehead atoms. The van der Waals surface area contributed by atoms with E-state index in [0.29, 0.717) is 15.7 Å². The van der Waals surface area contributed by atoms with Crippen molar-refractivity contribution in [2.24, 2.45) is 0 Å². The van der Waals surface area contributed by atoms with E-state index in [2.05, 4.69) is 20.9 Å². The van der Waals surface area contributed by atoms with E-state index in [-0.39, 0.29) is 18.4 Å². The topological polar surface area (TPSA) is 83.1 Å². The van der Waals surface area contributed by atoms with Crippen molar-refractivity contribution < 1.29 is 9.59 Å². The Balaban J connectivity index is 1.92. The number of rotatable bonds is 7. The zero-order chi connectivity index (χ0) is 17.5. The van der Waals surface area contributed by atoms with Crippen LogP contribution in [0.4, 0.5) is 10.8 Å². The fourth-order valence-corrected chi connectivity index (χ4v) is 3.17. The number of thiazole rings is 1. The first kappa shape index (κ1) is 17.9. The molecule has 0 atom stereocenters. The van der Waals surface area contributed by atoms with Crippen LogP contribution < -0.4 is 16.0 Å². The van der Waals surface area contributed by atoms with Crippen LogP contribution in [0, 0.1) is 6.92 Å². The maximum absolute atomic E-state index is 12.2. The lowest BCUT2D eigenvalue weighted by molar-refractivity contribution is -0.115. The average Bonchev–Trinajstić information content (AvgIpc) is 2.94. The van der Waals surface area contributed by atoms with E-state index in [1.165, 1.54) is 11.3 Å². The van der Waals surface area contributed by atoms with Crippen molar-refractivity contribution in [1.29, 1.82) is 0 Å². The number of hydrogen-bond acceptors (Lipinski definition) is 5. The number of hydrogen-bond donors (Lipinski definition) is 3. The number of nitrogens with zero attached hydrogens (tertiary/aromatic N) is 1. The Morgan fingerprint density at radius 2 is 1.96 bits per heavy atom. The minimum atomic E-state index is -0.284. The second kappa shape index (κ2) is 8.44. The van der Waals surface area contributed by atoms with E-state index >= 15 is 0 Å². The molecule has 2 aromatic rings. The van der Waals surface area contributed by atoms with Crippen LogP contribution >= 0.6 is 11.3 Å². The summed E-state index contributed by atoms with van der Waals surface area (Å²) in [5.41, 5.74) is 2.50. The van der Waals surface area contributed by atoms with Gasteiger partial charge in [0.25, 0.3) is 5.91 Å². The summed E-state index contributed by atoms with van der Waals surface area (Å²) < 4.78 is 0. The molecule has 0 saturated heterocycles. The van der Waals surface area contributed by atoms with Gasteiger partial charge >= 0.3 is 0 Å². The molecule has 1 aromatic heterocycles. The molecule has 0 unspecified atom stereocenters. The maximum Gasteiger partial charge on any atom is 0.263 e. The number of carbonyl (C=O) groups excluding carboxylic acids is 2. The van der Waals surface area contributed by atoms with Gasteiger partial charge in [-0.05, 0) is 31.9 Å². The number of anilines is 2. The van der Waals surface area contributed by atoms with Gasteiger partial charge in [0.2, 0.25) is 5.91 Å². The van der Waals surface area contributed by atoms with E-state index in [0.717, 1.165) is 24.2 Å². The molecular formula is C17H22N4O2S. The number of amides is 2. The highest BCUT2D eigenvalue weighted by Gasteiger charge is 2.16. The van der Waals surface area contributed by atoms with Crippen molar-refractivity contribution in [3.63, 3.8) is 0 Å². The van der Waals surface area contributed by atoms with E-state index in [1.54, 1.807) is 6.92 Å². The summed E-state index contributed by atoms with van der Waals surface area (Å²) in [6.45, 7) is 6.44. The number of benzene rings is 1. The van der Waals surface area contributed by atoms with Gasteiger partial charge in [-0.1, -0.05) is 36.5 Å². The quantitative estimate of drug-likeness (QED) is 0.720. The van der Waals surface area contributed by atoms with Gasteiger partial charge in [-0.15, -0.1) is 0 Å². The van der Waals surface area contributed by atoms with Gasteiger partial charge in [-0.3, -0.25) is 9.59 Å². The fraction of sp³-hybridized carbons (Fsp3) is 0.353. The van der Waals surface area contributed by atoms with Crippen LogP contribution in [0.5, 0.6) is 0 Å². The van der Waals surface area contributed by atoms with E-state index in [4.69, 9.17) is 0 Å². The Kier molecular flexibility index (Phi) is 6.31. The third-order valence-corrected chi connectivity index (χ3v) is 4.53. The lowest BCUT2D eigenvalue weighted by Crippen LogP contribution is -2.33. The van der Waals surface area contributed by atoms with Crippen LogP contribution in [0.15, 0.2) is 24.3 Å².